The van der Waals surface area contributed by atoms with E-state index in [2.05, 4.69) is 15.9 Å². The lowest BCUT2D eigenvalue weighted by Gasteiger charge is -2.30. The second kappa shape index (κ2) is 7.01. The predicted molar refractivity (Wildman–Crippen MR) is 81.2 cm³/mol. The normalized spacial score (nSPS) is 15.6. The van der Waals surface area contributed by atoms with Gasteiger partial charge in [-0.15, -0.1) is 12.4 Å². The molecule has 1 aliphatic rings. The molecule has 6 nitrogen and oxygen atoms in total. The molecule has 0 radical (unpaired) electrons. The van der Waals surface area contributed by atoms with Crippen LogP contribution in [0.15, 0.2) is 22.7 Å². The average molecular weight is 365 g/mol. The first-order chi connectivity index (χ1) is 8.99. The number of rotatable bonds is 2. The molecule has 1 heterocycles. The van der Waals surface area contributed by atoms with Crippen molar-refractivity contribution in [1.82, 2.24) is 4.90 Å². The second-order valence-electron chi connectivity index (χ2n) is 4.55. The predicted octanol–water partition coefficient (Wildman–Crippen LogP) is 2.34. The molecule has 1 aromatic carbocycles. The third kappa shape index (κ3) is 3.68. The van der Waals surface area contributed by atoms with Crippen molar-refractivity contribution in [2.75, 3.05) is 13.1 Å². The summed E-state index contributed by atoms with van der Waals surface area (Å²) in [4.78, 5) is 24.2. The summed E-state index contributed by atoms with van der Waals surface area (Å²) < 4.78 is 0.446. The van der Waals surface area contributed by atoms with E-state index in [0.717, 1.165) is 12.8 Å². The lowest BCUT2D eigenvalue weighted by Crippen LogP contribution is -2.42. The van der Waals surface area contributed by atoms with Gasteiger partial charge in [-0.1, -0.05) is 0 Å². The number of nitrogens with zero attached hydrogens (tertiary/aromatic N) is 2. The van der Waals surface area contributed by atoms with Crippen LogP contribution in [0.3, 0.4) is 0 Å². The summed E-state index contributed by atoms with van der Waals surface area (Å²) >= 11 is 3.22. The molecular weight excluding hydrogens is 350 g/mol. The van der Waals surface area contributed by atoms with Crippen molar-refractivity contribution in [3.05, 3.63) is 38.3 Å². The molecule has 1 aliphatic heterocycles. The lowest BCUT2D eigenvalue weighted by molar-refractivity contribution is -0.384. The summed E-state index contributed by atoms with van der Waals surface area (Å²) in [5.74, 6) is -0.117. The van der Waals surface area contributed by atoms with Crippen molar-refractivity contribution in [2.24, 2.45) is 5.73 Å². The summed E-state index contributed by atoms with van der Waals surface area (Å²) in [6.45, 7) is 1.26. The minimum absolute atomic E-state index is 0. The van der Waals surface area contributed by atoms with Gasteiger partial charge in [-0.2, -0.15) is 0 Å². The number of carbonyl (C=O) groups excluding carboxylic acids is 1. The topological polar surface area (TPSA) is 89.5 Å². The van der Waals surface area contributed by atoms with Gasteiger partial charge >= 0.3 is 0 Å². The number of likely N-dealkylation sites (tertiary alicyclic amines) is 1. The molecule has 110 valence electrons. The zero-order valence-electron chi connectivity index (χ0n) is 10.6. The Hall–Kier alpha value is -1.18. The first kappa shape index (κ1) is 16.9. The minimum atomic E-state index is -0.487. The molecule has 1 amide bonds. The average Bonchev–Trinajstić information content (AvgIpc) is 2.38. The third-order valence-corrected chi connectivity index (χ3v) is 3.88. The van der Waals surface area contributed by atoms with Crippen LogP contribution < -0.4 is 5.73 Å². The number of benzene rings is 1. The smallest absolute Gasteiger partial charge is 0.270 e. The number of hydrogen-bond donors (Lipinski definition) is 1. The van der Waals surface area contributed by atoms with E-state index in [4.69, 9.17) is 5.73 Å². The maximum absolute atomic E-state index is 12.3. The molecule has 0 bridgehead atoms. The molecule has 0 aromatic heterocycles. The van der Waals surface area contributed by atoms with Crippen LogP contribution in [-0.4, -0.2) is 34.9 Å². The van der Waals surface area contributed by atoms with Crippen molar-refractivity contribution < 1.29 is 9.72 Å². The molecule has 0 aliphatic carbocycles. The highest BCUT2D eigenvalue weighted by molar-refractivity contribution is 9.10. The molecule has 1 aromatic rings. The van der Waals surface area contributed by atoms with Gasteiger partial charge in [0, 0.05) is 35.7 Å². The molecule has 0 saturated carbocycles. The Balaban J connectivity index is 0.00000200. The second-order valence-corrected chi connectivity index (χ2v) is 5.41. The van der Waals surface area contributed by atoms with Crippen LogP contribution >= 0.6 is 28.3 Å². The van der Waals surface area contributed by atoms with E-state index in [0.29, 0.717) is 23.1 Å². The van der Waals surface area contributed by atoms with Gasteiger partial charge < -0.3 is 10.6 Å². The van der Waals surface area contributed by atoms with Crippen LogP contribution in [0.1, 0.15) is 23.2 Å². The molecule has 0 atom stereocenters. The summed E-state index contributed by atoms with van der Waals surface area (Å²) in [5.41, 5.74) is 6.20. The molecule has 20 heavy (non-hydrogen) atoms. The molecular formula is C12H15BrClN3O3. The van der Waals surface area contributed by atoms with Gasteiger partial charge in [-0.05, 0) is 34.8 Å². The van der Waals surface area contributed by atoms with Crippen LogP contribution in [0.2, 0.25) is 0 Å². The largest absolute Gasteiger partial charge is 0.338 e. The highest BCUT2D eigenvalue weighted by Crippen LogP contribution is 2.25. The first-order valence-corrected chi connectivity index (χ1v) is 6.77. The molecule has 8 heteroatoms. The maximum atomic E-state index is 12.3. The van der Waals surface area contributed by atoms with Crippen LogP contribution in [0.4, 0.5) is 5.69 Å². The Morgan fingerprint density at radius 1 is 1.40 bits per heavy atom. The molecule has 2 rings (SSSR count). The lowest BCUT2D eigenvalue weighted by atomic mass is 10.0. The number of nitro groups is 1. The van der Waals surface area contributed by atoms with Gasteiger partial charge in [0.05, 0.1) is 10.5 Å². The fourth-order valence-electron chi connectivity index (χ4n) is 2.06. The molecule has 1 fully saturated rings. The van der Waals surface area contributed by atoms with Crippen LogP contribution in [-0.2, 0) is 0 Å². The van der Waals surface area contributed by atoms with E-state index in [1.807, 2.05) is 0 Å². The number of amides is 1. The van der Waals surface area contributed by atoms with Gasteiger partial charge in [0.25, 0.3) is 11.6 Å². The van der Waals surface area contributed by atoms with Crippen molar-refractivity contribution in [1.29, 1.82) is 0 Å². The number of nitrogens with two attached hydrogens (primary N) is 1. The van der Waals surface area contributed by atoms with E-state index >= 15 is 0 Å². The van der Waals surface area contributed by atoms with E-state index < -0.39 is 4.92 Å². The van der Waals surface area contributed by atoms with E-state index in [-0.39, 0.29) is 30.0 Å². The molecule has 1 saturated heterocycles. The number of carbonyl (C=O) groups is 1. The molecule has 2 N–H and O–H groups in total. The third-order valence-electron chi connectivity index (χ3n) is 3.22. The van der Waals surface area contributed by atoms with Crippen LogP contribution in [0.5, 0.6) is 0 Å². The van der Waals surface area contributed by atoms with Crippen LogP contribution in [0.25, 0.3) is 0 Å². The van der Waals surface area contributed by atoms with Crippen molar-refractivity contribution in [3.8, 4) is 0 Å². The van der Waals surface area contributed by atoms with Gasteiger partial charge in [-0.3, -0.25) is 14.9 Å². The SMILES string of the molecule is Cl.NC1CCN(C(=O)c2ccc([N+](=O)[O-])cc2Br)CC1. The summed E-state index contributed by atoms with van der Waals surface area (Å²) in [5, 5.41) is 10.6. The zero-order chi connectivity index (χ0) is 14.0. The molecule has 0 unspecified atom stereocenters. The Bertz CT molecular complexity index is 519. The van der Waals surface area contributed by atoms with Crippen molar-refractivity contribution in [2.45, 2.75) is 18.9 Å². The summed E-state index contributed by atoms with van der Waals surface area (Å²) in [6.07, 6.45) is 1.58. The van der Waals surface area contributed by atoms with Gasteiger partial charge in [0.2, 0.25) is 0 Å². The van der Waals surface area contributed by atoms with E-state index in [1.54, 1.807) is 4.90 Å². The zero-order valence-corrected chi connectivity index (χ0v) is 13.0. The van der Waals surface area contributed by atoms with Crippen molar-refractivity contribution in [3.63, 3.8) is 0 Å². The fraction of sp³-hybridized carbons (Fsp3) is 0.417. The Labute approximate surface area is 131 Å². The van der Waals surface area contributed by atoms with Gasteiger partial charge in [-0.25, -0.2) is 0 Å². The van der Waals surface area contributed by atoms with Gasteiger partial charge in [0.1, 0.15) is 0 Å². The number of halogens is 2. The number of nitro benzene ring substituents is 1. The maximum Gasteiger partial charge on any atom is 0.270 e. The standard InChI is InChI=1S/C12H14BrN3O3.ClH/c13-11-7-9(16(18)19)1-2-10(11)12(17)15-5-3-8(14)4-6-15;/h1-2,7-8H,3-6,14H2;1H. The molecule has 0 spiro atoms. The fourth-order valence-corrected chi connectivity index (χ4v) is 2.60. The van der Waals surface area contributed by atoms with E-state index in [1.165, 1.54) is 18.2 Å². The minimum Gasteiger partial charge on any atom is -0.338 e. The number of piperidine rings is 1. The highest BCUT2D eigenvalue weighted by atomic mass is 79.9. The van der Waals surface area contributed by atoms with Crippen molar-refractivity contribution >= 4 is 39.9 Å². The summed E-state index contributed by atoms with van der Waals surface area (Å²) in [6, 6.07) is 4.33. The summed E-state index contributed by atoms with van der Waals surface area (Å²) in [7, 11) is 0. The first-order valence-electron chi connectivity index (χ1n) is 5.98. The number of non-ortho nitro benzene ring substituents is 1. The number of hydrogen-bond acceptors (Lipinski definition) is 4. The Morgan fingerprint density at radius 2 is 2.00 bits per heavy atom. The quantitative estimate of drug-likeness (QED) is 0.644. The van der Waals surface area contributed by atoms with Crippen LogP contribution in [0, 0.1) is 10.1 Å². The Kier molecular flexibility index (Phi) is 5.91. The van der Waals surface area contributed by atoms with E-state index in [9.17, 15) is 14.9 Å². The van der Waals surface area contributed by atoms with Gasteiger partial charge in [0.15, 0.2) is 0 Å². The Morgan fingerprint density at radius 3 is 2.50 bits per heavy atom. The monoisotopic (exact) mass is 363 g/mol. The highest BCUT2D eigenvalue weighted by Gasteiger charge is 2.23.